The SMILES string of the molecule is CSc1ncccc1C(=O)N1CCN(c2cc(Cl)ccc2C)CC1. The molecular formula is C18H20ClN3OS. The Bertz CT molecular complexity index is 745. The molecule has 1 fully saturated rings. The van der Waals surface area contributed by atoms with Crippen molar-refractivity contribution in [2.45, 2.75) is 11.9 Å². The van der Waals surface area contributed by atoms with Gasteiger partial charge in [-0.2, -0.15) is 0 Å². The van der Waals surface area contributed by atoms with Crippen molar-refractivity contribution in [2.75, 3.05) is 37.3 Å². The topological polar surface area (TPSA) is 36.4 Å². The maximum absolute atomic E-state index is 12.8. The fourth-order valence-electron chi connectivity index (χ4n) is 2.96. The summed E-state index contributed by atoms with van der Waals surface area (Å²) in [5.41, 5.74) is 3.05. The van der Waals surface area contributed by atoms with E-state index in [1.165, 1.54) is 17.3 Å². The first-order chi connectivity index (χ1) is 11.6. The molecule has 4 nitrogen and oxygen atoms in total. The molecule has 1 aliphatic rings. The van der Waals surface area contributed by atoms with Crippen LogP contribution < -0.4 is 4.90 Å². The van der Waals surface area contributed by atoms with Crippen LogP contribution in [0.5, 0.6) is 0 Å². The van der Waals surface area contributed by atoms with E-state index < -0.39 is 0 Å². The predicted octanol–water partition coefficient (Wildman–Crippen LogP) is 3.73. The molecule has 0 N–H and O–H groups in total. The Hall–Kier alpha value is -1.72. The fraction of sp³-hybridized carbons (Fsp3) is 0.333. The maximum Gasteiger partial charge on any atom is 0.256 e. The number of aromatic nitrogens is 1. The molecule has 1 amide bonds. The molecule has 6 heteroatoms. The molecule has 0 spiro atoms. The lowest BCUT2D eigenvalue weighted by Gasteiger charge is -2.37. The van der Waals surface area contributed by atoms with Gasteiger partial charge in [-0.15, -0.1) is 11.8 Å². The smallest absolute Gasteiger partial charge is 0.256 e. The fourth-order valence-corrected chi connectivity index (χ4v) is 3.67. The number of benzene rings is 1. The quantitative estimate of drug-likeness (QED) is 0.780. The highest BCUT2D eigenvalue weighted by Crippen LogP contribution is 2.26. The molecule has 2 aromatic rings. The van der Waals surface area contributed by atoms with Crippen LogP contribution in [0.4, 0.5) is 5.69 Å². The number of carbonyl (C=O) groups is 1. The summed E-state index contributed by atoms with van der Waals surface area (Å²) in [7, 11) is 0. The van der Waals surface area contributed by atoms with Crippen LogP contribution in [0.2, 0.25) is 5.02 Å². The minimum absolute atomic E-state index is 0.0647. The summed E-state index contributed by atoms with van der Waals surface area (Å²) in [5, 5.41) is 1.53. The van der Waals surface area contributed by atoms with E-state index in [4.69, 9.17) is 11.6 Å². The Kier molecular flexibility index (Phi) is 5.31. The summed E-state index contributed by atoms with van der Waals surface area (Å²) in [6.07, 6.45) is 3.67. The first-order valence-corrected chi connectivity index (χ1v) is 9.50. The van der Waals surface area contributed by atoms with Gasteiger partial charge in [0.05, 0.1) is 5.56 Å². The number of nitrogens with zero attached hydrogens (tertiary/aromatic N) is 3. The van der Waals surface area contributed by atoms with E-state index in [2.05, 4.69) is 16.8 Å². The van der Waals surface area contributed by atoms with Crippen LogP contribution in [0.15, 0.2) is 41.6 Å². The van der Waals surface area contributed by atoms with Crippen LogP contribution in [0.25, 0.3) is 0 Å². The second-order valence-corrected chi connectivity index (χ2v) is 7.00. The molecule has 24 heavy (non-hydrogen) atoms. The summed E-state index contributed by atoms with van der Waals surface area (Å²) in [6.45, 7) is 5.11. The molecule has 0 saturated carbocycles. The number of rotatable bonds is 3. The van der Waals surface area contributed by atoms with Crippen molar-refractivity contribution in [1.29, 1.82) is 0 Å². The molecule has 0 atom stereocenters. The van der Waals surface area contributed by atoms with Crippen LogP contribution in [0.1, 0.15) is 15.9 Å². The van der Waals surface area contributed by atoms with Gasteiger partial charge in [0.2, 0.25) is 0 Å². The van der Waals surface area contributed by atoms with Crippen molar-refractivity contribution in [3.05, 3.63) is 52.7 Å². The third kappa shape index (κ3) is 3.52. The zero-order chi connectivity index (χ0) is 17.1. The van der Waals surface area contributed by atoms with Crippen molar-refractivity contribution < 1.29 is 4.79 Å². The van der Waals surface area contributed by atoms with Gasteiger partial charge in [0.15, 0.2) is 0 Å². The van der Waals surface area contributed by atoms with Gasteiger partial charge in [-0.3, -0.25) is 4.79 Å². The molecule has 1 saturated heterocycles. The molecule has 1 aromatic carbocycles. The predicted molar refractivity (Wildman–Crippen MR) is 100 cm³/mol. The van der Waals surface area contributed by atoms with Crippen molar-refractivity contribution in [1.82, 2.24) is 9.88 Å². The summed E-state index contributed by atoms with van der Waals surface area (Å²) in [6, 6.07) is 9.62. The summed E-state index contributed by atoms with van der Waals surface area (Å²) >= 11 is 7.63. The highest BCUT2D eigenvalue weighted by atomic mass is 35.5. The van der Waals surface area contributed by atoms with Crippen LogP contribution in [0.3, 0.4) is 0 Å². The molecule has 2 heterocycles. The van der Waals surface area contributed by atoms with Crippen LogP contribution in [0, 0.1) is 6.92 Å². The Balaban J connectivity index is 1.71. The van der Waals surface area contributed by atoms with Gasteiger partial charge < -0.3 is 9.80 Å². The summed E-state index contributed by atoms with van der Waals surface area (Å²) in [4.78, 5) is 21.3. The van der Waals surface area contributed by atoms with Crippen LogP contribution in [-0.2, 0) is 0 Å². The van der Waals surface area contributed by atoms with Crippen molar-refractivity contribution >= 4 is 35.0 Å². The van der Waals surface area contributed by atoms with E-state index in [1.807, 2.05) is 41.5 Å². The van der Waals surface area contributed by atoms with Gasteiger partial charge in [0.1, 0.15) is 5.03 Å². The highest BCUT2D eigenvalue weighted by Gasteiger charge is 2.24. The first kappa shape index (κ1) is 17.1. The number of anilines is 1. The average molecular weight is 362 g/mol. The van der Waals surface area contributed by atoms with Gasteiger partial charge >= 0.3 is 0 Å². The third-order valence-electron chi connectivity index (χ3n) is 4.27. The van der Waals surface area contributed by atoms with Gasteiger partial charge in [-0.25, -0.2) is 4.98 Å². The number of thioether (sulfide) groups is 1. The van der Waals surface area contributed by atoms with E-state index >= 15 is 0 Å². The third-order valence-corrected chi connectivity index (χ3v) is 5.22. The number of hydrogen-bond donors (Lipinski definition) is 0. The lowest BCUT2D eigenvalue weighted by Crippen LogP contribution is -2.49. The number of carbonyl (C=O) groups excluding carboxylic acids is 1. The van der Waals surface area contributed by atoms with Crippen molar-refractivity contribution in [3.8, 4) is 0 Å². The number of pyridine rings is 1. The second-order valence-electron chi connectivity index (χ2n) is 5.77. The molecule has 3 rings (SSSR count). The van der Waals surface area contributed by atoms with E-state index in [9.17, 15) is 4.79 Å². The van der Waals surface area contributed by atoms with Crippen molar-refractivity contribution in [2.24, 2.45) is 0 Å². The monoisotopic (exact) mass is 361 g/mol. The van der Waals surface area contributed by atoms with E-state index in [0.717, 1.165) is 28.8 Å². The van der Waals surface area contributed by atoms with E-state index in [1.54, 1.807) is 6.20 Å². The lowest BCUT2D eigenvalue weighted by atomic mass is 10.1. The molecule has 1 aromatic heterocycles. The largest absolute Gasteiger partial charge is 0.368 e. The summed E-state index contributed by atoms with van der Waals surface area (Å²) in [5.74, 6) is 0.0647. The Morgan fingerprint density at radius 1 is 1.21 bits per heavy atom. The van der Waals surface area contributed by atoms with E-state index in [-0.39, 0.29) is 5.91 Å². The number of hydrogen-bond acceptors (Lipinski definition) is 4. The van der Waals surface area contributed by atoms with Crippen molar-refractivity contribution in [3.63, 3.8) is 0 Å². The molecule has 0 aliphatic carbocycles. The minimum Gasteiger partial charge on any atom is -0.368 e. The maximum atomic E-state index is 12.8. The standard InChI is InChI=1S/C18H20ClN3OS/c1-13-5-6-14(19)12-16(13)21-8-10-22(11-9-21)18(23)15-4-3-7-20-17(15)24-2/h3-7,12H,8-11H2,1-2H3. The zero-order valence-corrected chi connectivity index (χ0v) is 15.4. The number of aryl methyl sites for hydroxylation is 1. The number of halogens is 1. The molecule has 1 aliphatic heterocycles. The second kappa shape index (κ2) is 7.45. The summed E-state index contributed by atoms with van der Waals surface area (Å²) < 4.78 is 0. The molecule has 126 valence electrons. The normalized spacial score (nSPS) is 14.8. The Labute approximate surface area is 151 Å². The van der Waals surface area contributed by atoms with Crippen LogP contribution in [-0.4, -0.2) is 48.2 Å². The van der Waals surface area contributed by atoms with E-state index in [0.29, 0.717) is 18.7 Å². The van der Waals surface area contributed by atoms with Gasteiger partial charge in [0.25, 0.3) is 5.91 Å². The van der Waals surface area contributed by atoms with Gasteiger partial charge in [-0.1, -0.05) is 17.7 Å². The molecule has 0 unspecified atom stereocenters. The Morgan fingerprint density at radius 2 is 1.96 bits per heavy atom. The van der Waals surface area contributed by atoms with Gasteiger partial charge in [-0.05, 0) is 43.0 Å². The Morgan fingerprint density at radius 3 is 2.67 bits per heavy atom. The molecule has 0 bridgehead atoms. The average Bonchev–Trinajstić information content (AvgIpc) is 2.63. The number of piperazine rings is 1. The highest BCUT2D eigenvalue weighted by molar-refractivity contribution is 7.98. The zero-order valence-electron chi connectivity index (χ0n) is 13.8. The first-order valence-electron chi connectivity index (χ1n) is 7.89. The lowest BCUT2D eigenvalue weighted by molar-refractivity contribution is 0.0742. The van der Waals surface area contributed by atoms with Gasteiger partial charge in [0, 0.05) is 43.1 Å². The molecular weight excluding hydrogens is 342 g/mol. The minimum atomic E-state index is 0.0647. The van der Waals surface area contributed by atoms with Crippen LogP contribution >= 0.6 is 23.4 Å². The number of amides is 1. The molecule has 0 radical (unpaired) electrons.